The SMILES string of the molecule is CC(C)(C)OC(=O)N[C@@H](C(=O)O)[C@@H](O)CO. The minimum Gasteiger partial charge on any atom is -0.480 e. The van der Waals surface area contributed by atoms with Gasteiger partial charge in [0.25, 0.3) is 0 Å². The fourth-order valence-corrected chi connectivity index (χ4v) is 0.862. The standard InChI is InChI=1S/C9H17NO6/c1-9(2,3)16-8(15)10-6(7(13)14)5(12)4-11/h5-6,11-12H,4H2,1-3H3,(H,10,15)(H,13,14)/t5-,6+/m0/s1. The highest BCUT2D eigenvalue weighted by Crippen LogP contribution is 2.07. The molecular formula is C9H17NO6. The third kappa shape index (κ3) is 5.52. The van der Waals surface area contributed by atoms with E-state index in [2.05, 4.69) is 0 Å². The first-order valence-electron chi connectivity index (χ1n) is 4.68. The van der Waals surface area contributed by atoms with E-state index in [-0.39, 0.29) is 0 Å². The van der Waals surface area contributed by atoms with E-state index >= 15 is 0 Å². The largest absolute Gasteiger partial charge is 0.480 e. The molecule has 0 unspecified atom stereocenters. The number of carboxylic acids is 1. The summed E-state index contributed by atoms with van der Waals surface area (Å²) in [6, 6.07) is -1.60. The highest BCUT2D eigenvalue weighted by atomic mass is 16.6. The number of nitrogens with one attached hydrogen (secondary N) is 1. The molecule has 94 valence electrons. The summed E-state index contributed by atoms with van der Waals surface area (Å²) >= 11 is 0. The molecule has 0 aliphatic rings. The predicted molar refractivity (Wildman–Crippen MR) is 53.9 cm³/mol. The number of carbonyl (C=O) groups excluding carboxylic acids is 1. The average molecular weight is 235 g/mol. The number of alkyl carbamates (subject to hydrolysis) is 1. The molecule has 2 atom stereocenters. The van der Waals surface area contributed by atoms with Crippen molar-refractivity contribution in [2.45, 2.75) is 38.5 Å². The first-order chi connectivity index (χ1) is 7.17. The molecule has 7 nitrogen and oxygen atoms in total. The van der Waals surface area contributed by atoms with Crippen molar-refractivity contribution in [2.75, 3.05) is 6.61 Å². The van der Waals surface area contributed by atoms with Gasteiger partial charge in [0.15, 0.2) is 6.04 Å². The van der Waals surface area contributed by atoms with E-state index in [1.165, 1.54) is 0 Å². The van der Waals surface area contributed by atoms with E-state index in [1.807, 2.05) is 5.32 Å². The molecule has 4 N–H and O–H groups in total. The molecule has 0 saturated heterocycles. The van der Waals surface area contributed by atoms with Crippen LogP contribution in [0.3, 0.4) is 0 Å². The summed E-state index contributed by atoms with van der Waals surface area (Å²) in [5.41, 5.74) is -0.767. The normalized spacial score (nSPS) is 15.1. The second-order valence-electron chi connectivity index (χ2n) is 4.21. The molecule has 0 fully saturated rings. The lowest BCUT2D eigenvalue weighted by atomic mass is 10.2. The molecule has 16 heavy (non-hydrogen) atoms. The number of ether oxygens (including phenoxy) is 1. The molecule has 0 spiro atoms. The van der Waals surface area contributed by atoms with Gasteiger partial charge in [-0.25, -0.2) is 9.59 Å². The Hall–Kier alpha value is -1.34. The Morgan fingerprint density at radius 1 is 1.38 bits per heavy atom. The molecule has 0 rings (SSSR count). The van der Waals surface area contributed by atoms with Crippen LogP contribution in [-0.4, -0.2) is 51.7 Å². The second kappa shape index (κ2) is 5.66. The number of aliphatic hydroxyl groups is 2. The van der Waals surface area contributed by atoms with Gasteiger partial charge in [0, 0.05) is 0 Å². The molecule has 0 aliphatic carbocycles. The molecule has 0 radical (unpaired) electrons. The number of carbonyl (C=O) groups is 2. The van der Waals surface area contributed by atoms with Crippen LogP contribution in [0.1, 0.15) is 20.8 Å². The minimum atomic E-state index is -1.60. The van der Waals surface area contributed by atoms with Crippen molar-refractivity contribution in [3.63, 3.8) is 0 Å². The van der Waals surface area contributed by atoms with Crippen LogP contribution in [-0.2, 0) is 9.53 Å². The van der Waals surface area contributed by atoms with Crippen LogP contribution in [0.4, 0.5) is 4.79 Å². The molecule has 0 aromatic heterocycles. The van der Waals surface area contributed by atoms with Crippen LogP contribution >= 0.6 is 0 Å². The summed E-state index contributed by atoms with van der Waals surface area (Å²) in [5, 5.41) is 28.4. The zero-order valence-corrected chi connectivity index (χ0v) is 9.43. The maximum atomic E-state index is 11.2. The summed E-state index contributed by atoms with van der Waals surface area (Å²) in [7, 11) is 0. The van der Waals surface area contributed by atoms with Crippen LogP contribution in [0.2, 0.25) is 0 Å². The maximum Gasteiger partial charge on any atom is 0.408 e. The van der Waals surface area contributed by atoms with Gasteiger partial charge >= 0.3 is 12.1 Å². The molecule has 0 aliphatic heterocycles. The van der Waals surface area contributed by atoms with Crippen LogP contribution in [0.5, 0.6) is 0 Å². The van der Waals surface area contributed by atoms with Gasteiger partial charge < -0.3 is 25.4 Å². The Labute approximate surface area is 93.0 Å². The van der Waals surface area contributed by atoms with E-state index in [4.69, 9.17) is 20.1 Å². The summed E-state index contributed by atoms with van der Waals surface area (Å²) in [5.74, 6) is -1.45. The van der Waals surface area contributed by atoms with E-state index in [1.54, 1.807) is 20.8 Å². The molecule has 0 saturated carbocycles. The molecule has 0 bridgehead atoms. The first kappa shape index (κ1) is 14.7. The molecule has 1 amide bonds. The Morgan fingerprint density at radius 2 is 1.88 bits per heavy atom. The predicted octanol–water partition coefficient (Wildman–Crippen LogP) is -0.682. The topological polar surface area (TPSA) is 116 Å². The Bertz CT molecular complexity index is 259. The average Bonchev–Trinajstić information content (AvgIpc) is 2.09. The zero-order chi connectivity index (χ0) is 12.9. The van der Waals surface area contributed by atoms with Crippen molar-refractivity contribution in [2.24, 2.45) is 0 Å². The number of carboxylic acid groups (broad SMARTS) is 1. The van der Waals surface area contributed by atoms with Gasteiger partial charge in [-0.05, 0) is 20.8 Å². The third-order valence-corrected chi connectivity index (χ3v) is 1.51. The summed E-state index contributed by atoms with van der Waals surface area (Å²) in [6.45, 7) is 4.08. The van der Waals surface area contributed by atoms with Gasteiger partial charge in [-0.1, -0.05) is 0 Å². The molecule has 0 aromatic rings. The van der Waals surface area contributed by atoms with Gasteiger partial charge in [-0.2, -0.15) is 0 Å². The molecule has 0 heterocycles. The smallest absolute Gasteiger partial charge is 0.408 e. The van der Waals surface area contributed by atoms with Gasteiger partial charge in [-0.15, -0.1) is 0 Å². The van der Waals surface area contributed by atoms with Crippen LogP contribution < -0.4 is 5.32 Å². The Kier molecular flexibility index (Phi) is 5.19. The lowest BCUT2D eigenvalue weighted by Gasteiger charge is -2.23. The lowest BCUT2D eigenvalue weighted by Crippen LogP contribution is -2.51. The van der Waals surface area contributed by atoms with E-state index in [0.29, 0.717) is 0 Å². The van der Waals surface area contributed by atoms with Crippen molar-refractivity contribution < 1.29 is 29.6 Å². The monoisotopic (exact) mass is 235 g/mol. The maximum absolute atomic E-state index is 11.2. The van der Waals surface area contributed by atoms with E-state index < -0.39 is 36.4 Å². The van der Waals surface area contributed by atoms with E-state index in [9.17, 15) is 9.59 Å². The first-order valence-corrected chi connectivity index (χ1v) is 4.68. The fourth-order valence-electron chi connectivity index (χ4n) is 0.862. The van der Waals surface area contributed by atoms with E-state index in [0.717, 1.165) is 0 Å². The zero-order valence-electron chi connectivity index (χ0n) is 9.43. The summed E-state index contributed by atoms with van der Waals surface area (Å²) < 4.78 is 4.81. The van der Waals surface area contributed by atoms with Crippen LogP contribution in [0.15, 0.2) is 0 Å². The molecule has 7 heteroatoms. The Morgan fingerprint density at radius 3 is 2.19 bits per heavy atom. The fraction of sp³-hybridized carbons (Fsp3) is 0.778. The van der Waals surface area contributed by atoms with Crippen molar-refractivity contribution >= 4 is 12.1 Å². The number of rotatable bonds is 4. The minimum absolute atomic E-state index is 0.767. The second-order valence-corrected chi connectivity index (χ2v) is 4.21. The van der Waals surface area contributed by atoms with Crippen LogP contribution in [0, 0.1) is 0 Å². The van der Waals surface area contributed by atoms with Crippen molar-refractivity contribution in [3.05, 3.63) is 0 Å². The molecular weight excluding hydrogens is 218 g/mol. The number of amides is 1. The van der Waals surface area contributed by atoms with Gasteiger partial charge in [0.2, 0.25) is 0 Å². The summed E-state index contributed by atoms with van der Waals surface area (Å²) in [6.07, 6.45) is -2.54. The van der Waals surface area contributed by atoms with Gasteiger partial charge in [0.1, 0.15) is 11.7 Å². The highest BCUT2D eigenvalue weighted by molar-refractivity contribution is 5.80. The Balaban J connectivity index is 4.42. The van der Waals surface area contributed by atoms with Crippen molar-refractivity contribution in [3.8, 4) is 0 Å². The van der Waals surface area contributed by atoms with Crippen molar-refractivity contribution in [1.29, 1.82) is 0 Å². The number of aliphatic hydroxyl groups excluding tert-OH is 2. The molecule has 0 aromatic carbocycles. The quantitative estimate of drug-likeness (QED) is 0.513. The highest BCUT2D eigenvalue weighted by Gasteiger charge is 2.29. The van der Waals surface area contributed by atoms with Crippen molar-refractivity contribution in [1.82, 2.24) is 5.32 Å². The van der Waals surface area contributed by atoms with Crippen LogP contribution in [0.25, 0.3) is 0 Å². The van der Waals surface area contributed by atoms with Gasteiger partial charge in [0.05, 0.1) is 6.61 Å². The number of hydrogen-bond acceptors (Lipinski definition) is 5. The van der Waals surface area contributed by atoms with Gasteiger partial charge in [-0.3, -0.25) is 0 Å². The lowest BCUT2D eigenvalue weighted by molar-refractivity contribution is -0.143. The summed E-state index contributed by atoms with van der Waals surface area (Å²) in [4.78, 5) is 21.9. The number of hydrogen-bond donors (Lipinski definition) is 4. The number of aliphatic carboxylic acids is 1. The third-order valence-electron chi connectivity index (χ3n) is 1.51.